The first kappa shape index (κ1) is 20.2. The maximum absolute atomic E-state index is 13.2. The number of aromatic nitrogens is 4. The van der Waals surface area contributed by atoms with E-state index in [-0.39, 0.29) is 12.2 Å². The first-order chi connectivity index (χ1) is 14.9. The lowest BCUT2D eigenvalue weighted by atomic mass is 10.0. The summed E-state index contributed by atoms with van der Waals surface area (Å²) in [5.74, 6) is 0.867. The van der Waals surface area contributed by atoms with Crippen molar-refractivity contribution in [2.75, 3.05) is 31.1 Å². The van der Waals surface area contributed by atoms with Crippen LogP contribution in [0.4, 0.5) is 19.1 Å². The molecule has 2 fully saturated rings. The van der Waals surface area contributed by atoms with Gasteiger partial charge in [0.25, 0.3) is 0 Å². The maximum atomic E-state index is 13.2. The number of nitrogens with zero attached hydrogens (tertiary/aromatic N) is 5. The predicted molar refractivity (Wildman–Crippen MR) is 107 cm³/mol. The van der Waals surface area contributed by atoms with E-state index in [1.807, 2.05) is 6.92 Å². The van der Waals surface area contributed by atoms with Crippen LogP contribution in [0.2, 0.25) is 0 Å². The number of pyridine rings is 1. The van der Waals surface area contributed by atoms with Gasteiger partial charge in [0, 0.05) is 44.5 Å². The number of hydrogen-bond donors (Lipinski definition) is 2. The number of hydrogen-bond acceptors (Lipinski definition) is 7. The number of anilines is 1. The van der Waals surface area contributed by atoms with Crippen molar-refractivity contribution in [1.82, 2.24) is 30.2 Å². The minimum absolute atomic E-state index is 0.0109. The zero-order chi connectivity index (χ0) is 21.6. The smallest absolute Gasteiger partial charge is 0.371 e. The number of alkyl halides is 3. The Morgan fingerprint density at radius 2 is 1.90 bits per heavy atom. The predicted octanol–water partition coefficient (Wildman–Crippen LogP) is 2.13. The van der Waals surface area contributed by atoms with Gasteiger partial charge in [-0.05, 0) is 25.1 Å². The summed E-state index contributed by atoms with van der Waals surface area (Å²) in [5, 5.41) is 0. The van der Waals surface area contributed by atoms with Crippen LogP contribution in [-0.4, -0.2) is 57.7 Å². The van der Waals surface area contributed by atoms with Crippen molar-refractivity contribution in [3.05, 3.63) is 42.4 Å². The number of morpholine rings is 1. The molecule has 0 unspecified atom stereocenters. The SMILES string of the molecule is C[C@H]1CN(c2nccc(-c3cnc4ccc(C(F)(F)F)cn34)n2)C[C@@H](C2CNNC2)O1. The van der Waals surface area contributed by atoms with E-state index in [1.54, 1.807) is 12.3 Å². The van der Waals surface area contributed by atoms with Crippen LogP contribution in [0.3, 0.4) is 0 Å². The molecule has 5 heterocycles. The van der Waals surface area contributed by atoms with Crippen LogP contribution in [0.15, 0.2) is 36.8 Å². The van der Waals surface area contributed by atoms with Crippen LogP contribution in [0.1, 0.15) is 12.5 Å². The third kappa shape index (κ3) is 3.95. The molecule has 0 bridgehead atoms. The zero-order valence-electron chi connectivity index (χ0n) is 16.8. The van der Waals surface area contributed by atoms with Crippen molar-refractivity contribution >= 4 is 11.6 Å². The van der Waals surface area contributed by atoms with E-state index in [0.29, 0.717) is 42.0 Å². The van der Waals surface area contributed by atoms with E-state index >= 15 is 0 Å². The number of rotatable bonds is 3. The van der Waals surface area contributed by atoms with Crippen LogP contribution in [0.25, 0.3) is 17.0 Å². The topological polar surface area (TPSA) is 79.6 Å². The zero-order valence-corrected chi connectivity index (χ0v) is 16.8. The Labute approximate surface area is 176 Å². The second kappa shape index (κ2) is 7.74. The Kier molecular flexibility index (Phi) is 5.03. The molecule has 3 aromatic rings. The highest BCUT2D eigenvalue weighted by Gasteiger charge is 2.34. The number of nitrogens with one attached hydrogen (secondary N) is 2. The van der Waals surface area contributed by atoms with Gasteiger partial charge in [0.15, 0.2) is 0 Å². The van der Waals surface area contributed by atoms with Gasteiger partial charge in [-0.15, -0.1) is 0 Å². The van der Waals surface area contributed by atoms with Gasteiger partial charge >= 0.3 is 6.18 Å². The van der Waals surface area contributed by atoms with Gasteiger partial charge in [-0.1, -0.05) is 0 Å². The van der Waals surface area contributed by atoms with Crippen LogP contribution < -0.4 is 15.8 Å². The number of fused-ring (bicyclic) bond motifs is 1. The molecule has 0 amide bonds. The molecule has 8 nitrogen and oxygen atoms in total. The number of hydrazine groups is 1. The summed E-state index contributed by atoms with van der Waals surface area (Å²) in [6, 6.07) is 4.06. The Morgan fingerprint density at radius 1 is 1.10 bits per heavy atom. The monoisotopic (exact) mass is 433 g/mol. The molecule has 2 N–H and O–H groups in total. The summed E-state index contributed by atoms with van der Waals surface area (Å²) >= 11 is 0. The molecular formula is C20H22F3N7O. The lowest BCUT2D eigenvalue weighted by molar-refractivity contribution is -0.137. The molecule has 5 rings (SSSR count). The lowest BCUT2D eigenvalue weighted by Crippen LogP contribution is -2.51. The van der Waals surface area contributed by atoms with Crippen molar-refractivity contribution in [3.63, 3.8) is 0 Å². The van der Waals surface area contributed by atoms with E-state index in [9.17, 15) is 13.2 Å². The summed E-state index contributed by atoms with van der Waals surface area (Å²) in [6.07, 6.45) is -0.192. The first-order valence-electron chi connectivity index (χ1n) is 10.1. The number of halogens is 3. The maximum Gasteiger partial charge on any atom is 0.417 e. The molecule has 164 valence electrons. The lowest BCUT2D eigenvalue weighted by Gasteiger charge is -2.39. The van der Waals surface area contributed by atoms with E-state index in [2.05, 4.69) is 30.7 Å². The molecule has 0 saturated carbocycles. The van der Waals surface area contributed by atoms with Crippen LogP contribution in [0, 0.1) is 5.92 Å². The van der Waals surface area contributed by atoms with Crippen LogP contribution in [-0.2, 0) is 10.9 Å². The third-order valence-corrected chi connectivity index (χ3v) is 5.69. The second-order valence-corrected chi connectivity index (χ2v) is 7.94. The molecular weight excluding hydrogens is 411 g/mol. The highest BCUT2D eigenvalue weighted by atomic mass is 19.4. The summed E-state index contributed by atoms with van der Waals surface area (Å²) in [5.41, 5.74) is 6.93. The van der Waals surface area contributed by atoms with Gasteiger partial charge in [0.2, 0.25) is 5.95 Å². The van der Waals surface area contributed by atoms with Crippen LogP contribution >= 0.6 is 0 Å². The van der Waals surface area contributed by atoms with Crippen molar-refractivity contribution < 1.29 is 17.9 Å². The van der Waals surface area contributed by atoms with E-state index < -0.39 is 11.7 Å². The average Bonchev–Trinajstić information content (AvgIpc) is 3.42. The fourth-order valence-electron chi connectivity index (χ4n) is 4.13. The molecule has 0 spiro atoms. The summed E-state index contributed by atoms with van der Waals surface area (Å²) in [4.78, 5) is 15.4. The standard InChI is InChI=1S/C20H22F3N7O/c1-12-9-29(11-17(31-12)13-6-26-27-7-13)19-24-5-4-15(28-19)16-8-25-18-3-2-14(10-30(16)18)20(21,22)23/h2-5,8,10,12-13,17,26-27H,6-7,9,11H2,1H3/t12-,17-/m0/s1. The van der Waals surface area contributed by atoms with Crippen molar-refractivity contribution in [2.24, 2.45) is 5.92 Å². The largest absolute Gasteiger partial charge is 0.417 e. The van der Waals surface area contributed by atoms with Gasteiger partial charge in [0.1, 0.15) is 5.65 Å². The molecule has 31 heavy (non-hydrogen) atoms. The molecule has 2 aliphatic rings. The highest BCUT2D eigenvalue weighted by molar-refractivity contribution is 5.61. The van der Waals surface area contributed by atoms with E-state index in [4.69, 9.17) is 4.74 Å². The Morgan fingerprint density at radius 3 is 2.68 bits per heavy atom. The highest BCUT2D eigenvalue weighted by Crippen LogP contribution is 2.31. The fraction of sp³-hybridized carbons (Fsp3) is 0.450. The molecule has 2 atom stereocenters. The Bertz CT molecular complexity index is 1080. The number of imidazole rings is 1. The minimum atomic E-state index is -4.44. The van der Waals surface area contributed by atoms with E-state index in [0.717, 1.165) is 25.4 Å². The van der Waals surface area contributed by atoms with Gasteiger partial charge in [-0.25, -0.2) is 15.0 Å². The van der Waals surface area contributed by atoms with Crippen molar-refractivity contribution in [2.45, 2.75) is 25.3 Å². The second-order valence-electron chi connectivity index (χ2n) is 7.94. The van der Waals surface area contributed by atoms with Crippen molar-refractivity contribution in [1.29, 1.82) is 0 Å². The van der Waals surface area contributed by atoms with Gasteiger partial charge in [-0.2, -0.15) is 13.2 Å². The number of ether oxygens (including phenoxy) is 1. The molecule has 0 radical (unpaired) electrons. The normalized spacial score (nSPS) is 23.0. The Hall–Kier alpha value is -2.76. The first-order valence-corrected chi connectivity index (χ1v) is 10.1. The Balaban J connectivity index is 1.46. The average molecular weight is 433 g/mol. The van der Waals surface area contributed by atoms with Gasteiger partial charge in [0.05, 0.1) is 35.4 Å². The summed E-state index contributed by atoms with van der Waals surface area (Å²) < 4.78 is 47.1. The molecule has 2 saturated heterocycles. The fourth-order valence-corrected chi connectivity index (χ4v) is 4.13. The van der Waals surface area contributed by atoms with Crippen molar-refractivity contribution in [3.8, 4) is 11.4 Å². The summed E-state index contributed by atoms with van der Waals surface area (Å²) in [7, 11) is 0. The third-order valence-electron chi connectivity index (χ3n) is 5.69. The van der Waals surface area contributed by atoms with Gasteiger partial charge < -0.3 is 9.64 Å². The van der Waals surface area contributed by atoms with Crippen LogP contribution in [0.5, 0.6) is 0 Å². The minimum Gasteiger partial charge on any atom is -0.371 e. The molecule has 0 aliphatic carbocycles. The van der Waals surface area contributed by atoms with E-state index in [1.165, 1.54) is 16.7 Å². The molecule has 11 heteroatoms. The quantitative estimate of drug-likeness (QED) is 0.655. The molecule has 3 aromatic heterocycles. The molecule has 2 aliphatic heterocycles. The van der Waals surface area contributed by atoms with Gasteiger partial charge in [-0.3, -0.25) is 15.3 Å². The molecule has 0 aromatic carbocycles. The summed E-state index contributed by atoms with van der Waals surface area (Å²) in [6.45, 7) is 4.96.